The van der Waals surface area contributed by atoms with Gasteiger partial charge in [0.25, 0.3) is 0 Å². The van der Waals surface area contributed by atoms with Gasteiger partial charge in [0.05, 0.1) is 0 Å². The number of rotatable bonds is 7. The van der Waals surface area contributed by atoms with Crippen molar-refractivity contribution in [2.45, 2.75) is 0 Å². The zero-order valence-corrected chi connectivity index (χ0v) is 32.5. The van der Waals surface area contributed by atoms with E-state index in [-0.39, 0.29) is 0 Å². The van der Waals surface area contributed by atoms with E-state index in [1.54, 1.807) is 0 Å². The summed E-state index contributed by atoms with van der Waals surface area (Å²) >= 11 is 1.88. The number of anilines is 3. The van der Waals surface area contributed by atoms with Gasteiger partial charge in [-0.15, -0.1) is 11.3 Å². The fourth-order valence-electron chi connectivity index (χ4n) is 8.70. The third-order valence-electron chi connectivity index (χ3n) is 11.5. The van der Waals surface area contributed by atoms with Gasteiger partial charge in [-0.25, -0.2) is 0 Å². The highest BCUT2D eigenvalue weighted by Gasteiger charge is 2.20. The van der Waals surface area contributed by atoms with E-state index in [0.29, 0.717) is 0 Å². The Morgan fingerprint density at radius 3 is 1.36 bits per heavy atom. The molecule has 0 aliphatic heterocycles. The Morgan fingerprint density at radius 1 is 0.293 bits per heavy atom. The molecule has 1 nitrogen and oxygen atoms in total. The van der Waals surface area contributed by atoms with Crippen LogP contribution in [0.5, 0.6) is 0 Å². The smallest absolute Gasteiger partial charge is 0.0462 e. The van der Waals surface area contributed by atoms with Gasteiger partial charge in [0.2, 0.25) is 0 Å². The second-order valence-corrected chi connectivity index (χ2v) is 15.9. The van der Waals surface area contributed by atoms with Crippen molar-refractivity contribution in [3.63, 3.8) is 0 Å². The Kier molecular flexibility index (Phi) is 8.42. The van der Waals surface area contributed by atoms with E-state index < -0.39 is 0 Å². The number of hydrogen-bond donors (Lipinski definition) is 0. The van der Waals surface area contributed by atoms with Crippen molar-refractivity contribution >= 4 is 70.1 Å². The maximum Gasteiger partial charge on any atom is 0.0462 e. The van der Waals surface area contributed by atoms with Crippen molar-refractivity contribution in [2.75, 3.05) is 4.90 Å². The van der Waals surface area contributed by atoms with E-state index in [4.69, 9.17) is 0 Å². The SMILES string of the molecule is c1ccc(-c2ccc(N(c3ccc(-c4ccccc4)cc3)c3ccc(-c4ccc5sc6ccccc6c5c4-c4cc5ccccc5c5ccccc45)cc3)cc2)cc1. The summed E-state index contributed by atoms with van der Waals surface area (Å²) in [5.74, 6) is 0. The molecule has 11 aromatic rings. The summed E-state index contributed by atoms with van der Waals surface area (Å²) in [4.78, 5) is 2.36. The standard InChI is InChI=1S/C56H37NS/c1-3-13-38(14-4-1)40-23-29-44(30-24-40)57(45-31-25-41(26-32-45)39-15-5-2-6-16-39)46-33-27-42(28-34-46)48-35-36-54-56(51-21-11-12-22-53(51)58-54)55(48)52-37-43-17-7-8-18-47(43)49-19-9-10-20-50(49)52/h1-37H. The van der Waals surface area contributed by atoms with Crippen molar-refractivity contribution in [3.8, 4) is 44.5 Å². The minimum absolute atomic E-state index is 1.10. The normalized spacial score (nSPS) is 11.4. The molecule has 10 aromatic carbocycles. The quantitative estimate of drug-likeness (QED) is 0.146. The second kappa shape index (κ2) is 14.4. The first kappa shape index (κ1) is 34.0. The molecule has 0 aliphatic rings. The van der Waals surface area contributed by atoms with Crippen LogP contribution in [-0.2, 0) is 0 Å². The largest absolute Gasteiger partial charge is 0.311 e. The third-order valence-corrected chi connectivity index (χ3v) is 12.6. The van der Waals surface area contributed by atoms with E-state index >= 15 is 0 Å². The summed E-state index contributed by atoms with van der Waals surface area (Å²) < 4.78 is 2.61. The Balaban J connectivity index is 1.08. The first-order valence-corrected chi connectivity index (χ1v) is 20.7. The van der Waals surface area contributed by atoms with Crippen molar-refractivity contribution in [2.24, 2.45) is 0 Å². The van der Waals surface area contributed by atoms with Gasteiger partial charge in [-0.3, -0.25) is 0 Å². The molecule has 0 bridgehead atoms. The molecule has 0 atom stereocenters. The lowest BCUT2D eigenvalue weighted by atomic mass is 9.86. The van der Waals surface area contributed by atoms with Crippen LogP contribution >= 0.6 is 11.3 Å². The number of thiophene rings is 1. The van der Waals surface area contributed by atoms with Gasteiger partial charge >= 0.3 is 0 Å². The second-order valence-electron chi connectivity index (χ2n) is 14.9. The zero-order valence-electron chi connectivity index (χ0n) is 31.7. The predicted molar refractivity (Wildman–Crippen MR) is 251 cm³/mol. The maximum atomic E-state index is 2.41. The topological polar surface area (TPSA) is 3.24 Å². The van der Waals surface area contributed by atoms with Gasteiger partial charge < -0.3 is 4.90 Å². The number of nitrogens with zero attached hydrogens (tertiary/aromatic N) is 1. The highest BCUT2D eigenvalue weighted by atomic mass is 32.1. The average Bonchev–Trinajstić information content (AvgIpc) is 3.69. The van der Waals surface area contributed by atoms with Crippen LogP contribution in [0.3, 0.4) is 0 Å². The molecule has 0 saturated carbocycles. The van der Waals surface area contributed by atoms with Crippen LogP contribution in [0.15, 0.2) is 224 Å². The Bertz CT molecular complexity index is 3150. The Labute approximate surface area is 342 Å². The summed E-state index contributed by atoms with van der Waals surface area (Å²) in [5, 5.41) is 7.70. The first-order chi connectivity index (χ1) is 28.8. The number of fused-ring (bicyclic) bond motifs is 6. The molecule has 272 valence electrons. The third kappa shape index (κ3) is 5.94. The highest BCUT2D eigenvalue weighted by molar-refractivity contribution is 7.26. The van der Waals surface area contributed by atoms with Gasteiger partial charge in [-0.05, 0) is 121 Å². The molecule has 0 fully saturated rings. The van der Waals surface area contributed by atoms with Crippen LogP contribution in [0, 0.1) is 0 Å². The molecule has 11 rings (SSSR count). The van der Waals surface area contributed by atoms with Crippen molar-refractivity contribution < 1.29 is 0 Å². The highest BCUT2D eigenvalue weighted by Crippen LogP contribution is 2.48. The molecule has 0 N–H and O–H groups in total. The summed E-state index contributed by atoms with van der Waals surface area (Å²) in [6, 6.07) is 81.8. The van der Waals surface area contributed by atoms with Gasteiger partial charge in [-0.1, -0.05) is 170 Å². The average molecular weight is 756 g/mol. The van der Waals surface area contributed by atoms with Crippen molar-refractivity contribution in [1.82, 2.24) is 0 Å². The maximum absolute atomic E-state index is 2.41. The van der Waals surface area contributed by atoms with Crippen LogP contribution in [0.2, 0.25) is 0 Å². The molecule has 1 aromatic heterocycles. The van der Waals surface area contributed by atoms with Crippen LogP contribution in [0.1, 0.15) is 0 Å². The lowest BCUT2D eigenvalue weighted by Gasteiger charge is -2.26. The minimum atomic E-state index is 1.10. The van der Waals surface area contributed by atoms with E-state index in [9.17, 15) is 0 Å². The number of benzene rings is 10. The molecule has 58 heavy (non-hydrogen) atoms. The molecule has 0 amide bonds. The molecule has 1 heterocycles. The Hall–Kier alpha value is -7.26. The molecular weight excluding hydrogens is 719 g/mol. The van der Waals surface area contributed by atoms with Crippen LogP contribution < -0.4 is 4.90 Å². The monoisotopic (exact) mass is 755 g/mol. The Morgan fingerprint density at radius 2 is 0.759 bits per heavy atom. The summed E-state index contributed by atoms with van der Waals surface area (Å²) in [7, 11) is 0. The molecule has 0 saturated heterocycles. The summed E-state index contributed by atoms with van der Waals surface area (Å²) in [5.41, 5.74) is 13.1. The molecule has 0 radical (unpaired) electrons. The minimum Gasteiger partial charge on any atom is -0.311 e. The lowest BCUT2D eigenvalue weighted by Crippen LogP contribution is -2.09. The van der Waals surface area contributed by atoms with E-state index in [0.717, 1.165) is 17.1 Å². The molecular formula is C56H37NS. The van der Waals surface area contributed by atoms with Crippen molar-refractivity contribution in [1.29, 1.82) is 0 Å². The summed E-state index contributed by atoms with van der Waals surface area (Å²) in [6.45, 7) is 0. The number of hydrogen-bond acceptors (Lipinski definition) is 2. The fourth-order valence-corrected chi connectivity index (χ4v) is 9.82. The lowest BCUT2D eigenvalue weighted by molar-refractivity contribution is 1.28. The van der Waals surface area contributed by atoms with Gasteiger partial charge in [0.1, 0.15) is 0 Å². The van der Waals surface area contributed by atoms with Crippen LogP contribution in [0.25, 0.3) is 86.2 Å². The molecule has 2 heteroatoms. The van der Waals surface area contributed by atoms with Crippen LogP contribution in [0.4, 0.5) is 17.1 Å². The van der Waals surface area contributed by atoms with Crippen molar-refractivity contribution in [3.05, 3.63) is 224 Å². The van der Waals surface area contributed by atoms with E-state index in [2.05, 4.69) is 229 Å². The van der Waals surface area contributed by atoms with Gasteiger partial charge in [0, 0.05) is 37.2 Å². The van der Waals surface area contributed by atoms with E-state index in [1.165, 1.54) is 86.2 Å². The molecule has 0 unspecified atom stereocenters. The summed E-state index contributed by atoms with van der Waals surface area (Å²) in [6.07, 6.45) is 0. The molecule has 0 spiro atoms. The van der Waals surface area contributed by atoms with Crippen LogP contribution in [-0.4, -0.2) is 0 Å². The zero-order chi connectivity index (χ0) is 38.4. The predicted octanol–water partition coefficient (Wildman–Crippen LogP) is 16.5. The van der Waals surface area contributed by atoms with Gasteiger partial charge in [0.15, 0.2) is 0 Å². The van der Waals surface area contributed by atoms with E-state index in [1.807, 2.05) is 11.3 Å². The molecule has 0 aliphatic carbocycles. The first-order valence-electron chi connectivity index (χ1n) is 19.8. The van der Waals surface area contributed by atoms with Gasteiger partial charge in [-0.2, -0.15) is 0 Å². The fraction of sp³-hybridized carbons (Fsp3) is 0.